The highest BCUT2D eigenvalue weighted by molar-refractivity contribution is 6.17. The summed E-state index contributed by atoms with van der Waals surface area (Å²) in [5.74, 6) is 0.0638. The van der Waals surface area contributed by atoms with Crippen molar-refractivity contribution in [2.75, 3.05) is 12.4 Å². The number of aliphatic imine (C=N–C) groups is 1. The lowest BCUT2D eigenvalue weighted by molar-refractivity contribution is -0.384. The summed E-state index contributed by atoms with van der Waals surface area (Å²) in [6.45, 7) is 4.07. The average Bonchev–Trinajstić information content (AvgIpc) is 2.83. The van der Waals surface area contributed by atoms with Crippen LogP contribution in [0, 0.1) is 10.1 Å². The molecule has 0 fully saturated rings. The van der Waals surface area contributed by atoms with E-state index in [1.54, 1.807) is 31.4 Å². The molecule has 0 spiro atoms. The minimum absolute atomic E-state index is 0.103. The van der Waals surface area contributed by atoms with Crippen molar-refractivity contribution in [3.05, 3.63) is 99.1 Å². The van der Waals surface area contributed by atoms with Crippen molar-refractivity contribution in [3.8, 4) is 5.75 Å². The number of carbonyl (C=O) groups is 2. The fraction of sp³-hybridized carbons (Fsp3) is 0.222. The molecular weight excluding hydrogens is 446 g/mol. The van der Waals surface area contributed by atoms with Gasteiger partial charge in [-0.2, -0.15) is 0 Å². The summed E-state index contributed by atoms with van der Waals surface area (Å²) in [6, 6.07) is 17.9. The lowest BCUT2D eigenvalue weighted by Gasteiger charge is -2.29. The first-order chi connectivity index (χ1) is 16.6. The van der Waals surface area contributed by atoms with Gasteiger partial charge in [-0.15, -0.1) is 0 Å². The molecule has 1 aliphatic heterocycles. The lowest BCUT2D eigenvalue weighted by atomic mass is 9.85. The highest BCUT2D eigenvalue weighted by Gasteiger charge is 2.28. The van der Waals surface area contributed by atoms with Crippen molar-refractivity contribution in [2.24, 2.45) is 4.99 Å². The van der Waals surface area contributed by atoms with Crippen molar-refractivity contribution >= 4 is 28.8 Å². The van der Waals surface area contributed by atoms with Gasteiger partial charge in [-0.1, -0.05) is 24.3 Å². The van der Waals surface area contributed by atoms with Gasteiger partial charge < -0.3 is 10.1 Å². The number of hydrogen-bond acceptors (Lipinski definition) is 6. The standard InChI is InChI=1S/C27H25N3O5/c1-27(2)16-19-10-11-22(35-3)14-23(19)24(29-27)15-25(31)17-6-4-8-20(12-17)28-26(32)18-7-5-9-21(13-18)30(33)34/h4-14H,15-16H2,1-3H3,(H,28,32). The summed E-state index contributed by atoms with van der Waals surface area (Å²) in [6.07, 6.45) is 0.870. The van der Waals surface area contributed by atoms with Crippen molar-refractivity contribution < 1.29 is 19.2 Å². The van der Waals surface area contributed by atoms with E-state index >= 15 is 0 Å². The number of anilines is 1. The first-order valence-corrected chi connectivity index (χ1v) is 11.1. The molecule has 4 rings (SSSR count). The van der Waals surface area contributed by atoms with E-state index in [9.17, 15) is 19.7 Å². The topological polar surface area (TPSA) is 111 Å². The zero-order chi connectivity index (χ0) is 25.2. The van der Waals surface area contributed by atoms with Gasteiger partial charge in [0.1, 0.15) is 5.75 Å². The second-order valence-corrected chi connectivity index (χ2v) is 9.01. The Morgan fingerprint density at radius 3 is 2.54 bits per heavy atom. The number of nitrogens with zero attached hydrogens (tertiary/aromatic N) is 2. The molecule has 1 heterocycles. The van der Waals surface area contributed by atoms with Crippen LogP contribution in [0.15, 0.2) is 71.7 Å². The number of hydrogen-bond donors (Lipinski definition) is 1. The molecule has 35 heavy (non-hydrogen) atoms. The minimum Gasteiger partial charge on any atom is -0.497 e. The molecule has 0 atom stereocenters. The van der Waals surface area contributed by atoms with Gasteiger partial charge in [-0.05, 0) is 56.2 Å². The number of nitro groups is 1. The molecular formula is C27H25N3O5. The molecule has 0 saturated carbocycles. The summed E-state index contributed by atoms with van der Waals surface area (Å²) in [5, 5.41) is 13.7. The van der Waals surface area contributed by atoms with Crippen molar-refractivity contribution in [1.82, 2.24) is 0 Å². The number of non-ortho nitro benzene ring substituents is 1. The molecule has 0 bridgehead atoms. The van der Waals surface area contributed by atoms with Crippen LogP contribution in [0.2, 0.25) is 0 Å². The van der Waals surface area contributed by atoms with Crippen LogP contribution in [0.4, 0.5) is 11.4 Å². The van der Waals surface area contributed by atoms with Gasteiger partial charge >= 0.3 is 0 Å². The molecule has 8 nitrogen and oxygen atoms in total. The number of nitrogens with one attached hydrogen (secondary N) is 1. The lowest BCUT2D eigenvalue weighted by Crippen LogP contribution is -2.30. The highest BCUT2D eigenvalue weighted by Crippen LogP contribution is 2.31. The van der Waals surface area contributed by atoms with Crippen LogP contribution in [0.5, 0.6) is 5.75 Å². The molecule has 3 aromatic carbocycles. The van der Waals surface area contributed by atoms with Gasteiger partial charge in [0.15, 0.2) is 5.78 Å². The maximum atomic E-state index is 13.2. The maximum Gasteiger partial charge on any atom is 0.270 e. The van der Waals surface area contributed by atoms with Crippen molar-refractivity contribution in [2.45, 2.75) is 32.2 Å². The van der Waals surface area contributed by atoms with Crippen LogP contribution in [0.1, 0.15) is 52.1 Å². The van der Waals surface area contributed by atoms with Gasteiger partial charge in [0.05, 0.1) is 29.7 Å². The van der Waals surface area contributed by atoms with Gasteiger partial charge in [-0.3, -0.25) is 24.7 Å². The smallest absolute Gasteiger partial charge is 0.270 e. The molecule has 1 amide bonds. The number of fused-ring (bicyclic) bond motifs is 1. The Balaban J connectivity index is 1.55. The maximum absolute atomic E-state index is 13.2. The first-order valence-electron chi connectivity index (χ1n) is 11.1. The van der Waals surface area contributed by atoms with Crippen LogP contribution in [-0.4, -0.2) is 35.0 Å². The Labute approximate surface area is 202 Å². The third kappa shape index (κ3) is 5.43. The number of carbonyl (C=O) groups excluding carboxylic acids is 2. The number of ketones is 1. The Kier molecular flexibility index (Phi) is 6.46. The van der Waals surface area contributed by atoms with Crippen LogP contribution >= 0.6 is 0 Å². The van der Waals surface area contributed by atoms with Gasteiger partial charge in [0.2, 0.25) is 0 Å². The number of ether oxygens (including phenoxy) is 1. The average molecular weight is 472 g/mol. The molecule has 0 saturated heterocycles. The molecule has 8 heteroatoms. The van der Waals surface area contributed by atoms with Crippen LogP contribution in [-0.2, 0) is 6.42 Å². The predicted octanol–water partition coefficient (Wildman–Crippen LogP) is 5.25. The normalized spacial score (nSPS) is 13.9. The van der Waals surface area contributed by atoms with E-state index in [0.717, 1.165) is 17.5 Å². The first kappa shape index (κ1) is 23.8. The molecule has 0 unspecified atom stereocenters. The van der Waals surface area contributed by atoms with E-state index in [2.05, 4.69) is 5.32 Å². The summed E-state index contributed by atoms with van der Waals surface area (Å²) < 4.78 is 5.36. The number of methoxy groups -OCH3 is 1. The molecule has 1 N–H and O–H groups in total. The van der Waals surface area contributed by atoms with E-state index in [-0.39, 0.29) is 29.0 Å². The third-order valence-electron chi connectivity index (χ3n) is 5.78. The number of benzene rings is 3. The number of nitro benzene ring substituents is 1. The Morgan fingerprint density at radius 2 is 1.80 bits per heavy atom. The third-order valence-corrected chi connectivity index (χ3v) is 5.78. The van der Waals surface area contributed by atoms with E-state index in [0.29, 0.717) is 22.7 Å². The predicted molar refractivity (Wildman–Crippen MR) is 134 cm³/mol. The van der Waals surface area contributed by atoms with Crippen LogP contribution < -0.4 is 10.1 Å². The number of rotatable bonds is 7. The highest BCUT2D eigenvalue weighted by atomic mass is 16.6. The Morgan fingerprint density at radius 1 is 1.06 bits per heavy atom. The monoisotopic (exact) mass is 471 g/mol. The number of amides is 1. The molecule has 1 aliphatic rings. The van der Waals surface area contributed by atoms with Gasteiger partial charge in [0, 0.05) is 34.5 Å². The second-order valence-electron chi connectivity index (χ2n) is 9.01. The van der Waals surface area contributed by atoms with E-state index in [1.807, 2.05) is 32.0 Å². The Hall–Kier alpha value is -4.33. The molecule has 0 aromatic heterocycles. The largest absolute Gasteiger partial charge is 0.497 e. The van der Waals surface area contributed by atoms with E-state index < -0.39 is 10.8 Å². The SMILES string of the molecule is COc1ccc2c(c1)C(CC(=O)c1cccc(NC(=O)c3cccc([N+](=O)[O-])c3)c1)=NC(C)(C)C2. The molecule has 178 valence electrons. The van der Waals surface area contributed by atoms with E-state index in [1.165, 1.54) is 24.3 Å². The molecule has 0 radical (unpaired) electrons. The molecule has 0 aliphatic carbocycles. The van der Waals surface area contributed by atoms with Crippen LogP contribution in [0.3, 0.4) is 0 Å². The minimum atomic E-state index is -0.556. The van der Waals surface area contributed by atoms with Gasteiger partial charge in [-0.25, -0.2) is 0 Å². The summed E-state index contributed by atoms with van der Waals surface area (Å²) >= 11 is 0. The Bertz CT molecular complexity index is 1360. The summed E-state index contributed by atoms with van der Waals surface area (Å²) in [5.41, 5.74) is 3.23. The quantitative estimate of drug-likeness (QED) is 0.287. The molecule has 3 aromatic rings. The van der Waals surface area contributed by atoms with Gasteiger partial charge in [0.25, 0.3) is 11.6 Å². The zero-order valence-corrected chi connectivity index (χ0v) is 19.7. The second kappa shape index (κ2) is 9.50. The zero-order valence-electron chi connectivity index (χ0n) is 19.7. The fourth-order valence-electron chi connectivity index (χ4n) is 4.16. The fourth-order valence-corrected chi connectivity index (χ4v) is 4.16. The summed E-state index contributed by atoms with van der Waals surface area (Å²) in [4.78, 5) is 41.1. The summed E-state index contributed by atoms with van der Waals surface area (Å²) in [7, 11) is 1.60. The van der Waals surface area contributed by atoms with E-state index in [4.69, 9.17) is 9.73 Å². The van der Waals surface area contributed by atoms with Crippen molar-refractivity contribution in [1.29, 1.82) is 0 Å². The number of Topliss-reactive ketones (excluding diaryl/α,β-unsaturated/α-hetero) is 1. The van der Waals surface area contributed by atoms with Crippen LogP contribution in [0.25, 0.3) is 0 Å². The van der Waals surface area contributed by atoms with Crippen molar-refractivity contribution in [3.63, 3.8) is 0 Å².